The number of H-pyrrole nitrogens is 1. The molecule has 0 unspecified atom stereocenters. The number of carbonyl (C=O) groups is 4. The molecule has 1 aliphatic rings. The van der Waals surface area contributed by atoms with Crippen molar-refractivity contribution in [3.05, 3.63) is 96.1 Å². The van der Waals surface area contributed by atoms with Crippen molar-refractivity contribution in [2.75, 3.05) is 26.7 Å². The van der Waals surface area contributed by atoms with Crippen LogP contribution >= 0.6 is 11.8 Å². The lowest BCUT2D eigenvalue weighted by atomic mass is 10.0. The molecule has 0 aliphatic carbocycles. The number of aryl methyl sites for hydroxylation is 1. The van der Waals surface area contributed by atoms with E-state index in [1.54, 1.807) is 17.8 Å². The maximum Gasteiger partial charge on any atom is 0.245 e. The molecule has 1 fully saturated rings. The van der Waals surface area contributed by atoms with Crippen LogP contribution in [0.4, 0.5) is 0 Å². The van der Waals surface area contributed by atoms with Gasteiger partial charge in [-0.15, -0.1) is 10.2 Å². The number of furan rings is 1. The molecule has 6 rings (SSSR count). The van der Waals surface area contributed by atoms with Crippen LogP contribution in [0.1, 0.15) is 23.8 Å². The molecule has 51 heavy (non-hydrogen) atoms. The maximum atomic E-state index is 14.1. The van der Waals surface area contributed by atoms with Gasteiger partial charge in [-0.1, -0.05) is 48.5 Å². The van der Waals surface area contributed by atoms with E-state index in [1.807, 2.05) is 84.9 Å². The Labute approximate surface area is 299 Å². The zero-order valence-corrected chi connectivity index (χ0v) is 29.5. The van der Waals surface area contributed by atoms with Crippen molar-refractivity contribution >= 4 is 46.3 Å². The molecule has 0 spiro atoms. The summed E-state index contributed by atoms with van der Waals surface area (Å²) in [6.45, 7) is 2.26. The van der Waals surface area contributed by atoms with Crippen LogP contribution in [0.15, 0.2) is 93.9 Å². The van der Waals surface area contributed by atoms with Gasteiger partial charge in [0.1, 0.15) is 30.2 Å². The number of rotatable bonds is 8. The van der Waals surface area contributed by atoms with Crippen molar-refractivity contribution < 1.29 is 23.6 Å². The van der Waals surface area contributed by atoms with Gasteiger partial charge in [0.05, 0.1) is 13.1 Å². The number of hydrogen-bond donors (Lipinski definition) is 4. The number of nitrogens with one attached hydrogen (secondary N) is 4. The SMILES string of the molecule is C[C@H]1C(=O)N[C@@H](Cc2ccccc2)C(=O)NCCN(Cc2ccc(Sc3nncn3C)o2)CC(=O)N[C@@H](Cc2c[nH]c3ccccc23)C(=O)N1C. The van der Waals surface area contributed by atoms with Crippen LogP contribution in [-0.2, 0) is 45.6 Å². The summed E-state index contributed by atoms with van der Waals surface area (Å²) in [5.41, 5.74) is 2.63. The first-order valence-electron chi connectivity index (χ1n) is 16.7. The third-order valence-corrected chi connectivity index (χ3v) is 9.90. The molecule has 4 amide bonds. The fourth-order valence-corrected chi connectivity index (χ4v) is 6.72. The van der Waals surface area contributed by atoms with E-state index in [9.17, 15) is 19.2 Å². The Morgan fingerprint density at radius 3 is 2.47 bits per heavy atom. The monoisotopic (exact) mass is 711 g/mol. The van der Waals surface area contributed by atoms with E-state index in [2.05, 4.69) is 31.1 Å². The standard InChI is InChI=1S/C36H41N9O5S/c1-23-33(47)41-29(17-24-9-5-4-6-10-24)34(48)37-15-16-45(20-26-13-14-32(50-26)51-36-42-39-22-43(36)2)21-31(46)40-30(35(49)44(23)3)18-25-19-38-28-12-8-7-11-27(25)28/h4-14,19,22-23,29-30,38H,15-18,20-21H2,1-3H3,(H,37,48)(H,40,46)(H,41,47)/t23-,29-,30-/m0/s1. The maximum absolute atomic E-state index is 14.1. The zero-order chi connectivity index (χ0) is 35.9. The molecule has 14 nitrogen and oxygen atoms in total. The molecular formula is C36H41N9O5S. The summed E-state index contributed by atoms with van der Waals surface area (Å²) in [5, 5.41) is 19.0. The molecule has 0 saturated carbocycles. The first-order chi connectivity index (χ1) is 24.6. The molecule has 0 radical (unpaired) electrons. The van der Waals surface area contributed by atoms with Crippen LogP contribution in [0.3, 0.4) is 0 Å². The van der Waals surface area contributed by atoms with Crippen LogP contribution in [0, 0.1) is 0 Å². The van der Waals surface area contributed by atoms with Gasteiger partial charge in [0.25, 0.3) is 0 Å². The summed E-state index contributed by atoms with van der Waals surface area (Å²) in [5.74, 6) is -1.07. The van der Waals surface area contributed by atoms with Crippen molar-refractivity contribution in [1.29, 1.82) is 0 Å². The van der Waals surface area contributed by atoms with E-state index >= 15 is 0 Å². The van der Waals surface area contributed by atoms with E-state index in [4.69, 9.17) is 4.42 Å². The van der Waals surface area contributed by atoms with Crippen molar-refractivity contribution in [3.63, 3.8) is 0 Å². The van der Waals surface area contributed by atoms with E-state index in [0.717, 1.165) is 22.0 Å². The fraction of sp³-hybridized carbons (Fsp3) is 0.333. The zero-order valence-electron chi connectivity index (χ0n) is 28.7. The summed E-state index contributed by atoms with van der Waals surface area (Å²) < 4.78 is 7.86. The van der Waals surface area contributed by atoms with Gasteiger partial charge in [0, 0.05) is 57.1 Å². The second-order valence-corrected chi connectivity index (χ2v) is 13.6. The minimum atomic E-state index is -0.971. The van der Waals surface area contributed by atoms with E-state index < -0.39 is 29.9 Å². The third-order valence-electron chi connectivity index (χ3n) is 8.93. The first-order valence-corrected chi connectivity index (χ1v) is 17.5. The Morgan fingerprint density at radius 2 is 1.69 bits per heavy atom. The van der Waals surface area contributed by atoms with Crippen LogP contribution in [-0.4, -0.2) is 98.0 Å². The Kier molecular flexibility index (Phi) is 11.2. The Balaban J connectivity index is 1.26. The number of amides is 4. The highest BCUT2D eigenvalue weighted by molar-refractivity contribution is 7.99. The third kappa shape index (κ3) is 8.85. The Hall–Kier alpha value is -5.41. The second kappa shape index (κ2) is 16.1. The quantitative estimate of drug-likeness (QED) is 0.189. The van der Waals surface area contributed by atoms with Gasteiger partial charge in [-0.2, -0.15) is 0 Å². The molecule has 1 aliphatic heterocycles. The first kappa shape index (κ1) is 35.4. The molecule has 1 saturated heterocycles. The average Bonchev–Trinajstić information content (AvgIpc) is 3.87. The molecule has 4 heterocycles. The minimum absolute atomic E-state index is 0.0795. The summed E-state index contributed by atoms with van der Waals surface area (Å²) in [6.07, 6.45) is 3.90. The predicted molar refractivity (Wildman–Crippen MR) is 190 cm³/mol. The molecule has 0 bridgehead atoms. The number of aromatic amines is 1. The second-order valence-electron chi connectivity index (χ2n) is 12.6. The van der Waals surface area contributed by atoms with Gasteiger partial charge in [-0.3, -0.25) is 24.1 Å². The van der Waals surface area contributed by atoms with Gasteiger partial charge in [-0.25, -0.2) is 0 Å². The summed E-state index contributed by atoms with van der Waals surface area (Å²) in [6, 6.07) is 18.0. The van der Waals surface area contributed by atoms with Crippen molar-refractivity contribution in [1.82, 2.24) is 45.5 Å². The molecule has 3 aromatic heterocycles. The highest BCUT2D eigenvalue weighted by Crippen LogP contribution is 2.27. The molecule has 5 aromatic rings. The molecule has 4 N–H and O–H groups in total. The van der Waals surface area contributed by atoms with Crippen LogP contribution in [0.5, 0.6) is 0 Å². The normalized spacial score (nSPS) is 20.1. The van der Waals surface area contributed by atoms with Crippen LogP contribution < -0.4 is 16.0 Å². The lowest BCUT2D eigenvalue weighted by molar-refractivity contribution is -0.142. The number of benzene rings is 2. The summed E-state index contributed by atoms with van der Waals surface area (Å²) in [7, 11) is 3.37. The van der Waals surface area contributed by atoms with Gasteiger partial charge in [0.15, 0.2) is 10.2 Å². The number of fused-ring (bicyclic) bond motifs is 1. The van der Waals surface area contributed by atoms with Gasteiger partial charge in [0.2, 0.25) is 23.6 Å². The largest absolute Gasteiger partial charge is 0.453 e. The van der Waals surface area contributed by atoms with E-state index in [-0.39, 0.29) is 50.8 Å². The summed E-state index contributed by atoms with van der Waals surface area (Å²) in [4.78, 5) is 61.4. The van der Waals surface area contributed by atoms with Crippen molar-refractivity contribution in [3.8, 4) is 0 Å². The molecule has 3 atom stereocenters. The number of nitrogens with zero attached hydrogens (tertiary/aromatic N) is 5. The van der Waals surface area contributed by atoms with Gasteiger partial charge >= 0.3 is 0 Å². The van der Waals surface area contributed by atoms with Gasteiger partial charge in [-0.05, 0) is 48.0 Å². The highest BCUT2D eigenvalue weighted by atomic mass is 32.2. The Bertz CT molecular complexity index is 1990. The van der Waals surface area contributed by atoms with Gasteiger partial charge < -0.3 is 34.8 Å². The molecule has 266 valence electrons. The Morgan fingerprint density at radius 1 is 0.902 bits per heavy atom. The topological polar surface area (TPSA) is 170 Å². The number of aromatic nitrogens is 4. The van der Waals surface area contributed by atoms with E-state index in [1.165, 1.54) is 23.7 Å². The minimum Gasteiger partial charge on any atom is -0.453 e. The van der Waals surface area contributed by atoms with Crippen LogP contribution in [0.25, 0.3) is 10.9 Å². The molecular weight excluding hydrogens is 671 g/mol. The number of carbonyl (C=O) groups excluding carboxylic acids is 4. The number of hydrogen-bond acceptors (Lipinski definition) is 9. The molecule has 2 aromatic carbocycles. The summed E-state index contributed by atoms with van der Waals surface area (Å²) >= 11 is 1.32. The van der Waals surface area contributed by atoms with Crippen LogP contribution in [0.2, 0.25) is 0 Å². The lowest BCUT2D eigenvalue weighted by Gasteiger charge is -2.30. The molecule has 15 heteroatoms. The highest BCUT2D eigenvalue weighted by Gasteiger charge is 2.33. The van der Waals surface area contributed by atoms with E-state index in [0.29, 0.717) is 16.0 Å². The number of likely N-dealkylation sites (N-methyl/N-ethyl adjacent to an activating group) is 1. The predicted octanol–water partition coefficient (Wildman–Crippen LogP) is 2.27. The fourth-order valence-electron chi connectivity index (χ4n) is 5.98. The smallest absolute Gasteiger partial charge is 0.245 e. The number of para-hydroxylation sites is 1. The van der Waals surface area contributed by atoms with Crippen molar-refractivity contribution in [2.24, 2.45) is 7.05 Å². The van der Waals surface area contributed by atoms with Crippen molar-refractivity contribution in [2.45, 2.75) is 54.7 Å². The lowest BCUT2D eigenvalue weighted by Crippen LogP contribution is -2.57. The average molecular weight is 712 g/mol.